The van der Waals surface area contributed by atoms with Crippen LogP contribution < -0.4 is 5.32 Å². The lowest BCUT2D eigenvalue weighted by molar-refractivity contribution is 0.0565. The molecule has 4 heteroatoms. The SMILES string of the molecule is COCC(O)CCNC1CCN(C2CCCCC2C)CC1. The summed E-state index contributed by atoms with van der Waals surface area (Å²) >= 11 is 0. The van der Waals surface area contributed by atoms with Crippen LogP contribution in [0.4, 0.5) is 0 Å². The highest BCUT2D eigenvalue weighted by atomic mass is 16.5. The summed E-state index contributed by atoms with van der Waals surface area (Å²) in [6.45, 7) is 6.26. The van der Waals surface area contributed by atoms with E-state index in [0.29, 0.717) is 12.6 Å². The summed E-state index contributed by atoms with van der Waals surface area (Å²) in [6, 6.07) is 1.47. The molecule has 21 heavy (non-hydrogen) atoms. The van der Waals surface area contributed by atoms with Gasteiger partial charge < -0.3 is 20.1 Å². The summed E-state index contributed by atoms with van der Waals surface area (Å²) in [5.41, 5.74) is 0. The third-order valence-corrected chi connectivity index (χ3v) is 5.33. The second-order valence-corrected chi connectivity index (χ2v) is 6.99. The molecule has 2 aliphatic rings. The van der Waals surface area contributed by atoms with Gasteiger partial charge in [0.05, 0.1) is 12.7 Å². The maximum atomic E-state index is 9.65. The van der Waals surface area contributed by atoms with E-state index in [9.17, 15) is 5.11 Å². The van der Waals surface area contributed by atoms with Gasteiger partial charge in [0, 0.05) is 19.2 Å². The quantitative estimate of drug-likeness (QED) is 0.755. The van der Waals surface area contributed by atoms with Crippen LogP contribution in [0.25, 0.3) is 0 Å². The van der Waals surface area contributed by atoms with Gasteiger partial charge in [0.25, 0.3) is 0 Å². The van der Waals surface area contributed by atoms with Crippen LogP contribution in [0, 0.1) is 5.92 Å². The molecular formula is C17H34N2O2. The van der Waals surface area contributed by atoms with Crippen LogP contribution in [0.2, 0.25) is 0 Å². The summed E-state index contributed by atoms with van der Waals surface area (Å²) < 4.78 is 4.95. The molecule has 0 bridgehead atoms. The van der Waals surface area contributed by atoms with Crippen LogP contribution in [-0.4, -0.2) is 61.5 Å². The minimum absolute atomic E-state index is 0.328. The Morgan fingerprint density at radius 2 is 1.90 bits per heavy atom. The molecule has 1 saturated heterocycles. The molecular weight excluding hydrogens is 264 g/mol. The van der Waals surface area contributed by atoms with Gasteiger partial charge in [-0.15, -0.1) is 0 Å². The summed E-state index contributed by atoms with van der Waals surface area (Å²) in [5.74, 6) is 0.882. The van der Waals surface area contributed by atoms with E-state index in [1.807, 2.05) is 0 Å². The van der Waals surface area contributed by atoms with Crippen molar-refractivity contribution in [2.45, 2.75) is 70.1 Å². The number of methoxy groups -OCH3 is 1. The zero-order chi connectivity index (χ0) is 15.1. The van der Waals surface area contributed by atoms with Crippen LogP contribution in [0.5, 0.6) is 0 Å². The number of hydrogen-bond acceptors (Lipinski definition) is 4. The second kappa shape index (κ2) is 9.09. The Hall–Kier alpha value is -0.160. The molecule has 0 spiro atoms. The lowest BCUT2D eigenvalue weighted by Gasteiger charge is -2.42. The lowest BCUT2D eigenvalue weighted by Crippen LogP contribution is -2.49. The molecule has 0 aromatic heterocycles. The van der Waals surface area contributed by atoms with Gasteiger partial charge in [-0.2, -0.15) is 0 Å². The first-order chi connectivity index (χ1) is 10.2. The first-order valence-corrected chi connectivity index (χ1v) is 8.85. The number of likely N-dealkylation sites (tertiary alicyclic amines) is 1. The Balaban J connectivity index is 1.61. The van der Waals surface area contributed by atoms with Crippen molar-refractivity contribution in [2.75, 3.05) is 33.4 Å². The number of nitrogens with one attached hydrogen (secondary N) is 1. The molecule has 0 radical (unpaired) electrons. The van der Waals surface area contributed by atoms with E-state index in [-0.39, 0.29) is 6.10 Å². The topological polar surface area (TPSA) is 44.7 Å². The minimum atomic E-state index is -0.328. The van der Waals surface area contributed by atoms with Crippen molar-refractivity contribution in [3.8, 4) is 0 Å². The zero-order valence-electron chi connectivity index (χ0n) is 13.9. The van der Waals surface area contributed by atoms with Gasteiger partial charge in [-0.05, 0) is 57.7 Å². The average Bonchev–Trinajstić information content (AvgIpc) is 2.49. The van der Waals surface area contributed by atoms with E-state index < -0.39 is 0 Å². The number of piperidine rings is 1. The molecule has 1 saturated carbocycles. The Labute approximate surface area is 130 Å². The molecule has 3 atom stereocenters. The maximum Gasteiger partial charge on any atom is 0.0785 e. The van der Waals surface area contributed by atoms with E-state index in [1.54, 1.807) is 7.11 Å². The molecule has 2 fully saturated rings. The van der Waals surface area contributed by atoms with Crippen LogP contribution in [0.1, 0.15) is 51.9 Å². The third kappa shape index (κ3) is 5.51. The molecule has 0 aromatic carbocycles. The van der Waals surface area contributed by atoms with E-state index in [2.05, 4.69) is 17.1 Å². The van der Waals surface area contributed by atoms with Gasteiger partial charge in [0.15, 0.2) is 0 Å². The Bertz CT molecular complexity index is 280. The standard InChI is InChI=1S/C17H34N2O2/c1-14-5-3-4-6-17(14)19-11-8-15(9-12-19)18-10-7-16(20)13-21-2/h14-18,20H,3-13H2,1-2H3. The largest absolute Gasteiger partial charge is 0.391 e. The van der Waals surface area contributed by atoms with Crippen molar-refractivity contribution >= 4 is 0 Å². The van der Waals surface area contributed by atoms with Crippen molar-refractivity contribution in [3.63, 3.8) is 0 Å². The molecule has 2 rings (SSSR count). The molecule has 3 unspecified atom stereocenters. The molecule has 4 nitrogen and oxygen atoms in total. The fourth-order valence-electron chi connectivity index (χ4n) is 4.00. The predicted molar refractivity (Wildman–Crippen MR) is 86.5 cm³/mol. The first-order valence-electron chi connectivity index (χ1n) is 8.85. The van der Waals surface area contributed by atoms with Crippen molar-refractivity contribution in [1.29, 1.82) is 0 Å². The fourth-order valence-corrected chi connectivity index (χ4v) is 4.00. The van der Waals surface area contributed by atoms with E-state index in [1.165, 1.54) is 51.6 Å². The molecule has 1 aliphatic heterocycles. The number of ether oxygens (including phenoxy) is 1. The average molecular weight is 298 g/mol. The van der Waals surface area contributed by atoms with Gasteiger partial charge in [0.2, 0.25) is 0 Å². The van der Waals surface area contributed by atoms with Gasteiger partial charge in [-0.1, -0.05) is 19.8 Å². The van der Waals surface area contributed by atoms with Crippen LogP contribution in [-0.2, 0) is 4.74 Å². The lowest BCUT2D eigenvalue weighted by atomic mass is 9.84. The summed E-state index contributed by atoms with van der Waals surface area (Å²) in [5, 5.41) is 13.3. The molecule has 0 aromatic rings. The molecule has 1 heterocycles. The number of nitrogens with zero attached hydrogens (tertiary/aromatic N) is 1. The van der Waals surface area contributed by atoms with Crippen LogP contribution in [0.15, 0.2) is 0 Å². The summed E-state index contributed by atoms with van der Waals surface area (Å²) in [6.07, 6.45) is 8.64. The molecule has 2 N–H and O–H groups in total. The Kier molecular flexibility index (Phi) is 7.44. The Morgan fingerprint density at radius 1 is 1.19 bits per heavy atom. The normalized spacial score (nSPS) is 30.4. The predicted octanol–water partition coefficient (Wildman–Crippen LogP) is 2.02. The highest BCUT2D eigenvalue weighted by Crippen LogP contribution is 2.29. The number of aliphatic hydroxyl groups is 1. The number of rotatable bonds is 7. The second-order valence-electron chi connectivity index (χ2n) is 6.99. The monoisotopic (exact) mass is 298 g/mol. The zero-order valence-corrected chi connectivity index (χ0v) is 13.9. The van der Waals surface area contributed by atoms with Crippen molar-refractivity contribution in [3.05, 3.63) is 0 Å². The van der Waals surface area contributed by atoms with Gasteiger partial charge >= 0.3 is 0 Å². The molecule has 0 amide bonds. The highest BCUT2D eigenvalue weighted by Gasteiger charge is 2.29. The van der Waals surface area contributed by atoms with E-state index in [0.717, 1.165) is 24.9 Å². The highest BCUT2D eigenvalue weighted by molar-refractivity contribution is 4.86. The van der Waals surface area contributed by atoms with Crippen LogP contribution >= 0.6 is 0 Å². The Morgan fingerprint density at radius 3 is 2.57 bits per heavy atom. The smallest absolute Gasteiger partial charge is 0.0785 e. The number of hydrogen-bond donors (Lipinski definition) is 2. The van der Waals surface area contributed by atoms with Gasteiger partial charge in [-0.25, -0.2) is 0 Å². The molecule has 1 aliphatic carbocycles. The maximum absolute atomic E-state index is 9.65. The fraction of sp³-hybridized carbons (Fsp3) is 1.00. The van der Waals surface area contributed by atoms with Gasteiger partial charge in [-0.3, -0.25) is 0 Å². The van der Waals surface area contributed by atoms with E-state index >= 15 is 0 Å². The first kappa shape index (κ1) is 17.2. The van der Waals surface area contributed by atoms with Crippen molar-refractivity contribution in [1.82, 2.24) is 10.2 Å². The minimum Gasteiger partial charge on any atom is -0.391 e. The van der Waals surface area contributed by atoms with Crippen molar-refractivity contribution in [2.24, 2.45) is 5.92 Å². The van der Waals surface area contributed by atoms with E-state index in [4.69, 9.17) is 4.74 Å². The van der Waals surface area contributed by atoms with Crippen molar-refractivity contribution < 1.29 is 9.84 Å². The number of aliphatic hydroxyl groups excluding tert-OH is 1. The van der Waals surface area contributed by atoms with Crippen LogP contribution in [0.3, 0.4) is 0 Å². The van der Waals surface area contributed by atoms with Gasteiger partial charge in [0.1, 0.15) is 0 Å². The molecule has 124 valence electrons. The summed E-state index contributed by atoms with van der Waals surface area (Å²) in [4.78, 5) is 2.74. The summed E-state index contributed by atoms with van der Waals surface area (Å²) in [7, 11) is 1.64. The third-order valence-electron chi connectivity index (χ3n) is 5.33.